The van der Waals surface area contributed by atoms with Gasteiger partial charge in [-0.2, -0.15) is 0 Å². The van der Waals surface area contributed by atoms with Crippen LogP contribution >= 0.6 is 0 Å². The van der Waals surface area contributed by atoms with E-state index in [1.807, 2.05) is 0 Å². The van der Waals surface area contributed by atoms with Crippen LogP contribution in [0.1, 0.15) is 30.6 Å². The minimum Gasteiger partial charge on any atom is -0.454 e. The largest absolute Gasteiger partial charge is 0.454 e. The standard InChI is InChI=1S/C14H19NO4/c1-9(2)5-11(7-16)15-14(17)10-3-4-12-13(6-10)19-8-18-12/h3-4,6,9,11,16H,5,7-8H2,1-2H3,(H,15,17)/t11-/m1/s1. The third-order valence-electron chi connectivity index (χ3n) is 2.95. The van der Waals surface area contributed by atoms with E-state index >= 15 is 0 Å². The highest BCUT2D eigenvalue weighted by Crippen LogP contribution is 2.32. The van der Waals surface area contributed by atoms with Gasteiger partial charge >= 0.3 is 0 Å². The van der Waals surface area contributed by atoms with Gasteiger partial charge in [-0.25, -0.2) is 0 Å². The molecule has 1 heterocycles. The van der Waals surface area contributed by atoms with Crippen LogP contribution < -0.4 is 14.8 Å². The molecule has 0 unspecified atom stereocenters. The molecule has 5 nitrogen and oxygen atoms in total. The van der Waals surface area contributed by atoms with Gasteiger partial charge in [0.1, 0.15) is 0 Å². The van der Waals surface area contributed by atoms with Crippen molar-refractivity contribution in [1.82, 2.24) is 5.32 Å². The third kappa shape index (κ3) is 3.38. The lowest BCUT2D eigenvalue weighted by Gasteiger charge is -2.18. The number of carbonyl (C=O) groups excluding carboxylic acids is 1. The quantitative estimate of drug-likeness (QED) is 0.847. The minimum absolute atomic E-state index is 0.0610. The lowest BCUT2D eigenvalue weighted by Crippen LogP contribution is -2.38. The van der Waals surface area contributed by atoms with E-state index in [2.05, 4.69) is 19.2 Å². The Morgan fingerprint density at radius 3 is 2.79 bits per heavy atom. The lowest BCUT2D eigenvalue weighted by atomic mass is 10.0. The Bertz CT molecular complexity index is 459. The molecule has 0 aromatic heterocycles. The normalized spacial score (nSPS) is 14.5. The second-order valence-electron chi connectivity index (χ2n) is 5.05. The highest BCUT2D eigenvalue weighted by molar-refractivity contribution is 5.95. The summed E-state index contributed by atoms with van der Waals surface area (Å²) in [6.07, 6.45) is 0.743. The topological polar surface area (TPSA) is 67.8 Å². The molecule has 0 fully saturated rings. The predicted octanol–water partition coefficient (Wildman–Crippen LogP) is 1.55. The second kappa shape index (κ2) is 5.93. The van der Waals surface area contributed by atoms with E-state index in [9.17, 15) is 9.90 Å². The van der Waals surface area contributed by atoms with Crippen molar-refractivity contribution in [3.63, 3.8) is 0 Å². The number of aliphatic hydroxyl groups is 1. The lowest BCUT2D eigenvalue weighted by molar-refractivity contribution is 0.0908. The number of carbonyl (C=O) groups is 1. The summed E-state index contributed by atoms with van der Waals surface area (Å²) >= 11 is 0. The molecule has 5 heteroatoms. The van der Waals surface area contributed by atoms with Crippen molar-refractivity contribution in [2.75, 3.05) is 13.4 Å². The van der Waals surface area contributed by atoms with Crippen LogP contribution in [0.15, 0.2) is 18.2 Å². The van der Waals surface area contributed by atoms with Crippen LogP contribution in [-0.4, -0.2) is 30.5 Å². The number of aliphatic hydroxyl groups excluding tert-OH is 1. The van der Waals surface area contributed by atoms with Crippen LogP contribution in [0.4, 0.5) is 0 Å². The Labute approximate surface area is 112 Å². The van der Waals surface area contributed by atoms with Crippen molar-refractivity contribution in [2.45, 2.75) is 26.3 Å². The number of fused-ring (bicyclic) bond motifs is 1. The molecule has 1 aromatic rings. The fraction of sp³-hybridized carbons (Fsp3) is 0.500. The van der Waals surface area contributed by atoms with Crippen LogP contribution in [-0.2, 0) is 0 Å². The Morgan fingerprint density at radius 1 is 1.37 bits per heavy atom. The first-order valence-electron chi connectivity index (χ1n) is 6.41. The first-order chi connectivity index (χ1) is 9.10. The van der Waals surface area contributed by atoms with E-state index in [0.717, 1.165) is 6.42 Å². The second-order valence-corrected chi connectivity index (χ2v) is 5.05. The van der Waals surface area contributed by atoms with Gasteiger partial charge in [0.05, 0.1) is 12.6 Å². The van der Waals surface area contributed by atoms with E-state index in [1.54, 1.807) is 18.2 Å². The van der Waals surface area contributed by atoms with Crippen molar-refractivity contribution in [3.8, 4) is 11.5 Å². The summed E-state index contributed by atoms with van der Waals surface area (Å²) in [4.78, 5) is 12.1. The van der Waals surface area contributed by atoms with E-state index < -0.39 is 0 Å². The predicted molar refractivity (Wildman–Crippen MR) is 70.4 cm³/mol. The Hall–Kier alpha value is -1.75. The molecule has 1 aliphatic heterocycles. The molecule has 1 aliphatic rings. The van der Waals surface area contributed by atoms with Gasteiger partial charge in [0.15, 0.2) is 11.5 Å². The number of nitrogens with one attached hydrogen (secondary N) is 1. The zero-order valence-electron chi connectivity index (χ0n) is 11.2. The van der Waals surface area contributed by atoms with Crippen molar-refractivity contribution in [1.29, 1.82) is 0 Å². The van der Waals surface area contributed by atoms with Gasteiger partial charge in [-0.3, -0.25) is 4.79 Å². The van der Waals surface area contributed by atoms with Crippen LogP contribution in [0.3, 0.4) is 0 Å². The first kappa shape index (κ1) is 13.7. The highest BCUT2D eigenvalue weighted by atomic mass is 16.7. The van der Waals surface area contributed by atoms with E-state index in [1.165, 1.54) is 0 Å². The Balaban J connectivity index is 2.03. The highest BCUT2D eigenvalue weighted by Gasteiger charge is 2.18. The third-order valence-corrected chi connectivity index (χ3v) is 2.95. The molecule has 1 aromatic carbocycles. The molecular weight excluding hydrogens is 246 g/mol. The van der Waals surface area contributed by atoms with Gasteiger partial charge in [0, 0.05) is 5.56 Å². The van der Waals surface area contributed by atoms with Gasteiger partial charge < -0.3 is 19.9 Å². The minimum atomic E-state index is -0.224. The molecule has 0 saturated carbocycles. The van der Waals surface area contributed by atoms with E-state index in [0.29, 0.717) is 23.0 Å². The first-order valence-corrected chi connectivity index (χ1v) is 6.41. The maximum Gasteiger partial charge on any atom is 0.251 e. The number of benzene rings is 1. The number of hydrogen-bond acceptors (Lipinski definition) is 4. The Kier molecular flexibility index (Phi) is 4.27. The molecule has 1 amide bonds. The van der Waals surface area contributed by atoms with Gasteiger partial charge in [-0.05, 0) is 30.5 Å². The fourth-order valence-corrected chi connectivity index (χ4v) is 2.05. The molecule has 0 saturated heterocycles. The molecule has 1 atom stereocenters. The van der Waals surface area contributed by atoms with Gasteiger partial charge in [0.25, 0.3) is 5.91 Å². The summed E-state index contributed by atoms with van der Waals surface area (Å²) in [5, 5.41) is 12.1. The molecule has 0 radical (unpaired) electrons. The number of ether oxygens (including phenoxy) is 2. The fourth-order valence-electron chi connectivity index (χ4n) is 2.05. The summed E-state index contributed by atoms with van der Waals surface area (Å²) < 4.78 is 10.4. The summed E-state index contributed by atoms with van der Waals surface area (Å²) in [6.45, 7) is 4.23. The molecule has 2 N–H and O–H groups in total. The van der Waals surface area contributed by atoms with Crippen LogP contribution in [0, 0.1) is 5.92 Å². The summed E-state index contributed by atoms with van der Waals surface area (Å²) in [5.74, 6) is 1.43. The summed E-state index contributed by atoms with van der Waals surface area (Å²) in [5.41, 5.74) is 0.506. The molecule has 0 spiro atoms. The van der Waals surface area contributed by atoms with Crippen LogP contribution in [0.2, 0.25) is 0 Å². The Morgan fingerprint density at radius 2 is 2.11 bits per heavy atom. The van der Waals surface area contributed by atoms with Gasteiger partial charge in [-0.15, -0.1) is 0 Å². The van der Waals surface area contributed by atoms with E-state index in [4.69, 9.17) is 9.47 Å². The van der Waals surface area contributed by atoms with Crippen molar-refractivity contribution >= 4 is 5.91 Å². The summed E-state index contributed by atoms with van der Waals surface area (Å²) in [7, 11) is 0. The molecule has 0 aliphatic carbocycles. The van der Waals surface area contributed by atoms with Crippen LogP contribution in [0.5, 0.6) is 11.5 Å². The van der Waals surface area contributed by atoms with Gasteiger partial charge in [-0.1, -0.05) is 13.8 Å². The average molecular weight is 265 g/mol. The SMILES string of the molecule is CC(C)C[C@H](CO)NC(=O)c1ccc2c(c1)OCO2. The molecule has 2 rings (SSSR count). The monoisotopic (exact) mass is 265 g/mol. The number of hydrogen-bond donors (Lipinski definition) is 2. The summed E-state index contributed by atoms with van der Waals surface area (Å²) in [6, 6.07) is 4.83. The van der Waals surface area contributed by atoms with E-state index in [-0.39, 0.29) is 25.3 Å². The van der Waals surface area contributed by atoms with Crippen molar-refractivity contribution in [2.24, 2.45) is 5.92 Å². The maximum atomic E-state index is 12.1. The average Bonchev–Trinajstić information content (AvgIpc) is 2.84. The smallest absolute Gasteiger partial charge is 0.251 e. The zero-order valence-corrected chi connectivity index (χ0v) is 11.2. The molecule has 0 bridgehead atoms. The number of rotatable bonds is 5. The molecular formula is C14H19NO4. The van der Waals surface area contributed by atoms with Gasteiger partial charge in [0.2, 0.25) is 6.79 Å². The molecule has 19 heavy (non-hydrogen) atoms. The molecule has 104 valence electrons. The van der Waals surface area contributed by atoms with Crippen LogP contribution in [0.25, 0.3) is 0 Å². The number of amides is 1. The zero-order chi connectivity index (χ0) is 13.8. The maximum absolute atomic E-state index is 12.1. The van der Waals surface area contributed by atoms with Crippen molar-refractivity contribution in [3.05, 3.63) is 23.8 Å². The van der Waals surface area contributed by atoms with Crippen molar-refractivity contribution < 1.29 is 19.4 Å².